The van der Waals surface area contributed by atoms with Crippen molar-refractivity contribution in [2.75, 3.05) is 6.54 Å². The second-order valence-corrected chi connectivity index (χ2v) is 4.54. The quantitative estimate of drug-likeness (QED) is 0.672. The molecule has 0 aromatic rings. The highest BCUT2D eigenvalue weighted by Gasteiger charge is 2.37. The molecule has 1 saturated heterocycles. The number of nitrogens with zero attached hydrogens (tertiary/aromatic N) is 1. The lowest BCUT2D eigenvalue weighted by Crippen LogP contribution is -2.38. The van der Waals surface area contributed by atoms with Crippen LogP contribution in [0, 0.1) is 11.8 Å². The third kappa shape index (κ3) is 2.14. The number of carbonyl (C=O) groups excluding carboxylic acids is 2. The third-order valence-corrected chi connectivity index (χ3v) is 3.15. The van der Waals surface area contributed by atoms with Crippen LogP contribution >= 0.6 is 0 Å². The molecule has 0 aliphatic carbocycles. The van der Waals surface area contributed by atoms with Crippen LogP contribution < -0.4 is 0 Å². The molecule has 14 heavy (non-hydrogen) atoms. The molecule has 0 bridgehead atoms. The van der Waals surface area contributed by atoms with Crippen molar-refractivity contribution < 1.29 is 9.59 Å². The fourth-order valence-electron chi connectivity index (χ4n) is 2.08. The molecule has 1 heterocycles. The first kappa shape index (κ1) is 11.2. The number of Topliss-reactive ketones (excluding diaryl/α,β-unsaturated/α-hetero) is 1. The highest BCUT2D eigenvalue weighted by Crippen LogP contribution is 2.29. The number of amides is 1. The summed E-state index contributed by atoms with van der Waals surface area (Å²) in [6.07, 6.45) is 0.840. The van der Waals surface area contributed by atoms with Gasteiger partial charge in [0.2, 0.25) is 5.91 Å². The minimum Gasteiger partial charge on any atom is -0.333 e. The summed E-state index contributed by atoms with van der Waals surface area (Å²) < 4.78 is 0. The Morgan fingerprint density at radius 1 is 1.29 bits per heavy atom. The maximum absolute atomic E-state index is 11.3. The van der Waals surface area contributed by atoms with Crippen LogP contribution in [0.25, 0.3) is 0 Å². The van der Waals surface area contributed by atoms with E-state index in [0.29, 0.717) is 11.8 Å². The molecule has 1 fully saturated rings. The van der Waals surface area contributed by atoms with Gasteiger partial charge in [-0.3, -0.25) is 9.59 Å². The number of carbonyl (C=O) groups is 2. The largest absolute Gasteiger partial charge is 0.333 e. The van der Waals surface area contributed by atoms with Crippen LogP contribution in [0.3, 0.4) is 0 Å². The van der Waals surface area contributed by atoms with Crippen molar-refractivity contribution in [2.24, 2.45) is 11.8 Å². The van der Waals surface area contributed by atoms with Gasteiger partial charge in [-0.1, -0.05) is 13.8 Å². The normalized spacial score (nSPS) is 27.1. The van der Waals surface area contributed by atoms with Crippen LogP contribution in [0.15, 0.2) is 0 Å². The highest BCUT2D eigenvalue weighted by atomic mass is 16.2. The van der Waals surface area contributed by atoms with Gasteiger partial charge in [0.25, 0.3) is 0 Å². The van der Waals surface area contributed by atoms with Gasteiger partial charge in [-0.2, -0.15) is 0 Å². The smallest absolute Gasteiger partial charge is 0.220 e. The summed E-state index contributed by atoms with van der Waals surface area (Å²) in [5, 5.41) is 0. The van der Waals surface area contributed by atoms with E-state index in [1.54, 1.807) is 18.7 Å². The van der Waals surface area contributed by atoms with Crippen LogP contribution in [0.5, 0.6) is 0 Å². The number of likely N-dealkylation sites (tertiary alicyclic amines) is 1. The number of hydrogen-bond acceptors (Lipinski definition) is 2. The minimum absolute atomic E-state index is 0.0216. The molecule has 3 heteroatoms. The van der Waals surface area contributed by atoms with E-state index in [4.69, 9.17) is 0 Å². The third-order valence-electron chi connectivity index (χ3n) is 3.15. The van der Waals surface area contributed by atoms with Crippen LogP contribution in [-0.4, -0.2) is 29.2 Å². The van der Waals surface area contributed by atoms with Gasteiger partial charge < -0.3 is 4.90 Å². The summed E-state index contributed by atoms with van der Waals surface area (Å²) in [6, 6.07) is -0.167. The van der Waals surface area contributed by atoms with Crippen LogP contribution in [0.2, 0.25) is 0 Å². The average molecular weight is 197 g/mol. The number of hydrogen-bond donors (Lipinski definition) is 0. The van der Waals surface area contributed by atoms with Gasteiger partial charge >= 0.3 is 0 Å². The van der Waals surface area contributed by atoms with Crippen molar-refractivity contribution >= 4 is 11.7 Å². The zero-order valence-corrected chi connectivity index (χ0v) is 9.41. The highest BCUT2D eigenvalue weighted by molar-refractivity contribution is 5.87. The molecule has 1 aliphatic heterocycles. The predicted molar refractivity (Wildman–Crippen MR) is 54.8 cm³/mol. The van der Waals surface area contributed by atoms with Gasteiger partial charge in [0, 0.05) is 13.5 Å². The fraction of sp³-hybridized carbons (Fsp3) is 0.818. The molecule has 0 aromatic heterocycles. The predicted octanol–water partition coefficient (Wildman–Crippen LogP) is 1.47. The molecule has 80 valence electrons. The van der Waals surface area contributed by atoms with Gasteiger partial charge in [0.05, 0.1) is 6.04 Å². The lowest BCUT2D eigenvalue weighted by atomic mass is 9.93. The Bertz CT molecular complexity index is 226. The van der Waals surface area contributed by atoms with Crippen LogP contribution in [-0.2, 0) is 9.59 Å². The fourth-order valence-corrected chi connectivity index (χ4v) is 2.08. The molecule has 1 rings (SSSR count). The molecular formula is C11H19NO2. The van der Waals surface area contributed by atoms with E-state index in [0.717, 1.165) is 13.0 Å². The summed E-state index contributed by atoms with van der Waals surface area (Å²) in [5.74, 6) is 1.16. The molecule has 0 radical (unpaired) electrons. The zero-order chi connectivity index (χ0) is 10.9. The molecule has 0 aromatic carbocycles. The first-order valence-electron chi connectivity index (χ1n) is 5.21. The summed E-state index contributed by atoms with van der Waals surface area (Å²) in [5.41, 5.74) is 0. The second-order valence-electron chi connectivity index (χ2n) is 4.54. The van der Waals surface area contributed by atoms with Crippen molar-refractivity contribution in [3.8, 4) is 0 Å². The topological polar surface area (TPSA) is 37.4 Å². The summed E-state index contributed by atoms with van der Waals surface area (Å²) in [6.45, 7) is 8.15. The maximum Gasteiger partial charge on any atom is 0.220 e. The lowest BCUT2D eigenvalue weighted by Gasteiger charge is -2.20. The molecule has 2 atom stereocenters. The van der Waals surface area contributed by atoms with E-state index >= 15 is 0 Å². The molecular weight excluding hydrogens is 178 g/mol. The van der Waals surface area contributed by atoms with Crippen LogP contribution in [0.4, 0.5) is 0 Å². The van der Waals surface area contributed by atoms with Gasteiger partial charge in [0.1, 0.15) is 0 Å². The number of rotatable bonds is 2. The van der Waals surface area contributed by atoms with E-state index < -0.39 is 0 Å². The molecule has 0 spiro atoms. The van der Waals surface area contributed by atoms with Crippen molar-refractivity contribution in [1.29, 1.82) is 0 Å². The van der Waals surface area contributed by atoms with Crippen molar-refractivity contribution in [1.82, 2.24) is 4.90 Å². The van der Waals surface area contributed by atoms with E-state index in [2.05, 4.69) is 13.8 Å². The number of ketones is 1. The zero-order valence-electron chi connectivity index (χ0n) is 9.41. The van der Waals surface area contributed by atoms with E-state index in [1.807, 2.05) is 0 Å². The summed E-state index contributed by atoms with van der Waals surface area (Å²) >= 11 is 0. The summed E-state index contributed by atoms with van der Waals surface area (Å²) in [7, 11) is 0. The van der Waals surface area contributed by atoms with E-state index in [-0.39, 0.29) is 17.7 Å². The minimum atomic E-state index is -0.167. The van der Waals surface area contributed by atoms with E-state index in [1.165, 1.54) is 0 Å². The summed E-state index contributed by atoms with van der Waals surface area (Å²) in [4.78, 5) is 24.4. The van der Waals surface area contributed by atoms with Crippen molar-refractivity contribution in [3.63, 3.8) is 0 Å². The molecule has 1 aliphatic rings. The molecule has 0 saturated carbocycles. The first-order valence-corrected chi connectivity index (χ1v) is 5.21. The Labute approximate surface area is 85.5 Å². The Hall–Kier alpha value is -0.860. The van der Waals surface area contributed by atoms with Gasteiger partial charge in [-0.05, 0) is 25.2 Å². The molecule has 2 unspecified atom stereocenters. The Balaban J connectivity index is 2.75. The van der Waals surface area contributed by atoms with Crippen molar-refractivity contribution in [2.45, 2.75) is 40.2 Å². The standard InChI is InChI=1S/C11H19NO2/c1-7(2)10-5-11(8(3)13)12(6-10)9(4)14/h7,10-11H,5-6H2,1-4H3. The van der Waals surface area contributed by atoms with Gasteiger partial charge in [-0.25, -0.2) is 0 Å². The van der Waals surface area contributed by atoms with Crippen molar-refractivity contribution in [3.05, 3.63) is 0 Å². The average Bonchev–Trinajstić information content (AvgIpc) is 2.47. The van der Waals surface area contributed by atoms with Gasteiger partial charge in [0.15, 0.2) is 5.78 Å². The lowest BCUT2D eigenvalue weighted by molar-refractivity contribution is -0.135. The molecule has 1 amide bonds. The Kier molecular flexibility index (Phi) is 3.29. The van der Waals surface area contributed by atoms with Gasteiger partial charge in [-0.15, -0.1) is 0 Å². The maximum atomic E-state index is 11.3. The Morgan fingerprint density at radius 2 is 1.86 bits per heavy atom. The SMILES string of the molecule is CC(=O)C1CC(C(C)C)CN1C(C)=O. The first-order chi connectivity index (χ1) is 6.43. The monoisotopic (exact) mass is 197 g/mol. The molecule has 0 N–H and O–H groups in total. The second kappa shape index (κ2) is 4.11. The van der Waals surface area contributed by atoms with E-state index in [9.17, 15) is 9.59 Å². The Morgan fingerprint density at radius 3 is 2.14 bits per heavy atom. The van der Waals surface area contributed by atoms with Crippen LogP contribution in [0.1, 0.15) is 34.1 Å². The molecule has 3 nitrogen and oxygen atoms in total.